The highest BCUT2D eigenvalue weighted by Gasteiger charge is 2.22. The highest BCUT2D eigenvalue weighted by atomic mass is 35.5. The van der Waals surface area contributed by atoms with Crippen molar-refractivity contribution in [3.63, 3.8) is 0 Å². The highest BCUT2D eigenvalue weighted by Crippen LogP contribution is 2.25. The van der Waals surface area contributed by atoms with E-state index >= 15 is 0 Å². The summed E-state index contributed by atoms with van der Waals surface area (Å²) in [6, 6.07) is 21.1. The number of amides is 1. The second-order valence-electron chi connectivity index (χ2n) is 8.51. The molecule has 1 amide bonds. The molecule has 0 saturated carbocycles. The number of rotatable bonds is 8. The van der Waals surface area contributed by atoms with Gasteiger partial charge in [0.15, 0.2) is 0 Å². The van der Waals surface area contributed by atoms with Gasteiger partial charge in [0.05, 0.1) is 21.8 Å². The molecule has 0 aliphatic rings. The number of benzene rings is 3. The Morgan fingerprint density at radius 2 is 1.62 bits per heavy atom. The molecule has 0 spiro atoms. The quantitative estimate of drug-likeness (QED) is 0.277. The maximum atomic E-state index is 12.5. The zero-order chi connectivity index (χ0) is 24.1. The molecule has 0 fully saturated rings. The van der Waals surface area contributed by atoms with Crippen LogP contribution in [0.15, 0.2) is 72.9 Å². The molecule has 0 aliphatic carbocycles. The van der Waals surface area contributed by atoms with Crippen molar-refractivity contribution in [1.82, 2.24) is 20.7 Å². The van der Waals surface area contributed by atoms with Crippen LogP contribution in [0.5, 0.6) is 0 Å². The number of nitrogens with zero attached hydrogens (tertiary/aromatic N) is 2. The molecule has 1 heterocycles. The molecule has 1 aromatic heterocycles. The number of halogens is 2. The van der Waals surface area contributed by atoms with E-state index in [-0.39, 0.29) is 11.4 Å². The maximum Gasteiger partial charge on any atom is 0.255 e. The average molecular weight is 494 g/mol. The van der Waals surface area contributed by atoms with Gasteiger partial charge in [-0.05, 0) is 67.3 Å². The third kappa shape index (κ3) is 5.83. The predicted octanol–water partition coefficient (Wildman–Crippen LogP) is 6.10. The lowest BCUT2D eigenvalue weighted by Gasteiger charge is -2.23. The number of aromatic nitrogens is 3. The second-order valence-corrected chi connectivity index (χ2v) is 9.33. The van der Waals surface area contributed by atoms with Crippen LogP contribution in [0.25, 0.3) is 11.1 Å². The van der Waals surface area contributed by atoms with Crippen molar-refractivity contribution >= 4 is 34.8 Å². The zero-order valence-corrected chi connectivity index (χ0v) is 20.4. The highest BCUT2D eigenvalue weighted by molar-refractivity contribution is 6.42. The van der Waals surface area contributed by atoms with Crippen molar-refractivity contribution in [2.24, 2.45) is 0 Å². The predicted molar refractivity (Wildman–Crippen MR) is 137 cm³/mol. The Morgan fingerprint density at radius 3 is 2.24 bits per heavy atom. The molecule has 4 rings (SSSR count). The summed E-state index contributed by atoms with van der Waals surface area (Å²) < 4.78 is 0. The lowest BCUT2D eigenvalue weighted by Crippen LogP contribution is -2.38. The molecule has 0 atom stereocenters. The topological polar surface area (TPSA) is 82.7 Å². The third-order valence-electron chi connectivity index (χ3n) is 5.65. The standard InChI is InChI=1S/C26H25Cl2N5O/c1-26(2,24-16-30-33-32-24)29-14-13-17-3-5-18(6-4-17)19-7-10-21(11-8-19)31-25(34)20-9-12-22(27)23(28)15-20/h3-12,15-16,29H,13-14H2,1-2H3,(H,31,34)(H,30,32,33). The number of aromatic amines is 1. The summed E-state index contributed by atoms with van der Waals surface area (Å²) in [6.07, 6.45) is 2.65. The Morgan fingerprint density at radius 1 is 0.941 bits per heavy atom. The summed E-state index contributed by atoms with van der Waals surface area (Å²) in [5, 5.41) is 17.9. The molecule has 0 radical (unpaired) electrons. The lowest BCUT2D eigenvalue weighted by molar-refractivity contribution is 0.102. The van der Waals surface area contributed by atoms with Gasteiger partial charge in [-0.1, -0.05) is 59.6 Å². The van der Waals surface area contributed by atoms with E-state index in [1.54, 1.807) is 24.4 Å². The number of nitrogens with one attached hydrogen (secondary N) is 3. The summed E-state index contributed by atoms with van der Waals surface area (Å²) in [5.74, 6) is -0.240. The van der Waals surface area contributed by atoms with Gasteiger partial charge in [-0.25, -0.2) is 0 Å². The minimum absolute atomic E-state index is 0.240. The lowest BCUT2D eigenvalue weighted by atomic mass is 10.00. The molecule has 0 unspecified atom stereocenters. The van der Waals surface area contributed by atoms with Crippen LogP contribution in [0.3, 0.4) is 0 Å². The van der Waals surface area contributed by atoms with Crippen molar-refractivity contribution < 1.29 is 4.79 Å². The first-order chi connectivity index (χ1) is 16.3. The summed E-state index contributed by atoms with van der Waals surface area (Å²) >= 11 is 11.9. The Hall–Kier alpha value is -3.19. The number of H-pyrrole nitrogens is 1. The molecule has 8 heteroatoms. The SMILES string of the molecule is CC(C)(NCCc1ccc(-c2ccc(NC(=O)c3ccc(Cl)c(Cl)c3)cc2)cc1)c1cn[nH]n1. The van der Waals surface area contributed by atoms with Crippen molar-refractivity contribution in [3.8, 4) is 11.1 Å². The van der Waals surface area contributed by atoms with Crippen LogP contribution in [0.4, 0.5) is 5.69 Å². The van der Waals surface area contributed by atoms with Gasteiger partial charge in [0.2, 0.25) is 0 Å². The Balaban J connectivity index is 1.33. The first kappa shape index (κ1) is 24.0. The molecule has 3 aromatic carbocycles. The molecule has 6 nitrogen and oxygen atoms in total. The van der Waals surface area contributed by atoms with E-state index in [1.165, 1.54) is 5.56 Å². The zero-order valence-electron chi connectivity index (χ0n) is 18.9. The van der Waals surface area contributed by atoms with Gasteiger partial charge in [-0.15, -0.1) is 0 Å². The van der Waals surface area contributed by atoms with E-state index in [2.05, 4.69) is 64.2 Å². The minimum Gasteiger partial charge on any atom is -0.322 e. The fourth-order valence-corrected chi connectivity index (χ4v) is 3.86. The van der Waals surface area contributed by atoms with Crippen molar-refractivity contribution in [1.29, 1.82) is 0 Å². The van der Waals surface area contributed by atoms with Crippen molar-refractivity contribution in [2.75, 3.05) is 11.9 Å². The molecule has 0 bridgehead atoms. The van der Waals surface area contributed by atoms with Gasteiger partial charge in [-0.2, -0.15) is 15.4 Å². The van der Waals surface area contributed by atoms with Gasteiger partial charge in [0.25, 0.3) is 5.91 Å². The van der Waals surface area contributed by atoms with Crippen molar-refractivity contribution in [2.45, 2.75) is 25.8 Å². The van der Waals surface area contributed by atoms with E-state index in [9.17, 15) is 4.79 Å². The van der Waals surface area contributed by atoms with Crippen LogP contribution in [0.1, 0.15) is 35.5 Å². The monoisotopic (exact) mass is 493 g/mol. The maximum absolute atomic E-state index is 12.5. The molecule has 0 aliphatic heterocycles. The molecule has 34 heavy (non-hydrogen) atoms. The van der Waals surface area contributed by atoms with E-state index < -0.39 is 0 Å². The van der Waals surface area contributed by atoms with Gasteiger partial charge < -0.3 is 10.6 Å². The Labute approximate surface area is 208 Å². The number of carbonyl (C=O) groups is 1. The van der Waals surface area contributed by atoms with Crippen LogP contribution in [-0.2, 0) is 12.0 Å². The molecular formula is C26H25Cl2N5O. The average Bonchev–Trinajstić information content (AvgIpc) is 3.38. The fraction of sp³-hybridized carbons (Fsp3) is 0.192. The van der Waals surface area contributed by atoms with E-state index in [0.29, 0.717) is 21.3 Å². The van der Waals surface area contributed by atoms with Crippen LogP contribution in [-0.4, -0.2) is 27.9 Å². The molecule has 0 saturated heterocycles. The van der Waals surface area contributed by atoms with Crippen molar-refractivity contribution in [3.05, 3.63) is 99.8 Å². The van der Waals surface area contributed by atoms with Crippen LogP contribution in [0, 0.1) is 0 Å². The van der Waals surface area contributed by atoms with Gasteiger partial charge >= 0.3 is 0 Å². The summed E-state index contributed by atoms with van der Waals surface area (Å²) in [5.41, 5.74) is 5.23. The number of hydrogen-bond acceptors (Lipinski definition) is 4. The number of anilines is 1. The smallest absolute Gasteiger partial charge is 0.255 e. The number of hydrogen-bond donors (Lipinski definition) is 3. The molecule has 3 N–H and O–H groups in total. The molecule has 4 aromatic rings. The van der Waals surface area contributed by atoms with E-state index in [4.69, 9.17) is 23.2 Å². The minimum atomic E-state index is -0.246. The fourth-order valence-electron chi connectivity index (χ4n) is 3.56. The van der Waals surface area contributed by atoms with Crippen LogP contribution in [0.2, 0.25) is 10.0 Å². The third-order valence-corrected chi connectivity index (χ3v) is 6.39. The van der Waals surface area contributed by atoms with Gasteiger partial charge in [0.1, 0.15) is 5.69 Å². The summed E-state index contributed by atoms with van der Waals surface area (Å²) in [4.78, 5) is 12.5. The second kappa shape index (κ2) is 10.4. The normalized spacial score (nSPS) is 11.4. The first-order valence-corrected chi connectivity index (χ1v) is 11.6. The van der Waals surface area contributed by atoms with Gasteiger partial charge in [0, 0.05) is 17.8 Å². The molecule has 174 valence electrons. The van der Waals surface area contributed by atoms with E-state index in [0.717, 1.165) is 29.8 Å². The first-order valence-electron chi connectivity index (χ1n) is 10.9. The van der Waals surface area contributed by atoms with E-state index in [1.807, 2.05) is 24.3 Å². The number of carbonyl (C=O) groups excluding carboxylic acids is 1. The van der Waals surface area contributed by atoms with Gasteiger partial charge in [-0.3, -0.25) is 4.79 Å². The Bertz CT molecular complexity index is 1250. The summed E-state index contributed by atoms with van der Waals surface area (Å²) in [7, 11) is 0. The Kier molecular flexibility index (Phi) is 7.32. The summed E-state index contributed by atoms with van der Waals surface area (Å²) in [6.45, 7) is 5.00. The molecular weight excluding hydrogens is 469 g/mol. The van der Waals surface area contributed by atoms with Crippen LogP contribution < -0.4 is 10.6 Å². The largest absolute Gasteiger partial charge is 0.322 e. The van der Waals surface area contributed by atoms with Crippen LogP contribution >= 0.6 is 23.2 Å².